The van der Waals surface area contributed by atoms with Crippen molar-refractivity contribution in [3.05, 3.63) is 58.6 Å². The number of amides is 3. The average molecular weight is 616 g/mol. The van der Waals surface area contributed by atoms with Gasteiger partial charge in [-0.2, -0.15) is 0 Å². The van der Waals surface area contributed by atoms with E-state index in [0.29, 0.717) is 38.3 Å². The van der Waals surface area contributed by atoms with E-state index >= 15 is 0 Å². The molecule has 0 saturated carbocycles. The van der Waals surface area contributed by atoms with Crippen LogP contribution >= 0.6 is 46.4 Å². The first-order valence-corrected chi connectivity index (χ1v) is 13.5. The number of anilines is 1. The highest BCUT2D eigenvalue weighted by Crippen LogP contribution is 2.36. The Morgan fingerprint density at radius 3 is 2.36 bits per heavy atom. The van der Waals surface area contributed by atoms with Gasteiger partial charge in [0.25, 0.3) is 5.91 Å². The van der Waals surface area contributed by atoms with Gasteiger partial charge in [0.1, 0.15) is 5.69 Å². The average Bonchev–Trinajstić information content (AvgIpc) is 3.35. The zero-order valence-corrected chi connectivity index (χ0v) is 24.0. The summed E-state index contributed by atoms with van der Waals surface area (Å²) in [5.41, 5.74) is 2.07. The summed E-state index contributed by atoms with van der Waals surface area (Å²) >= 11 is 24.4. The fourth-order valence-electron chi connectivity index (χ4n) is 3.77. The van der Waals surface area contributed by atoms with Crippen molar-refractivity contribution < 1.29 is 24.0 Å². The number of benzene rings is 2. The lowest BCUT2D eigenvalue weighted by Crippen LogP contribution is -2.42. The quantitative estimate of drug-likeness (QED) is 0.219. The van der Waals surface area contributed by atoms with Crippen molar-refractivity contribution in [3.8, 4) is 22.6 Å². The third-order valence-electron chi connectivity index (χ3n) is 5.99. The number of carbonyl (C=O) groups is 3. The molecule has 0 spiro atoms. The molecule has 0 fully saturated rings. The topological polar surface area (TPSA) is 125 Å². The Morgan fingerprint density at radius 2 is 1.72 bits per heavy atom. The van der Waals surface area contributed by atoms with Gasteiger partial charge >= 0.3 is 6.09 Å². The maximum atomic E-state index is 12.8. The number of hydrogen-bond acceptors (Lipinski definition) is 5. The summed E-state index contributed by atoms with van der Waals surface area (Å²) in [5.74, 6) is -0.685. The van der Waals surface area contributed by atoms with Gasteiger partial charge in [-0.3, -0.25) is 9.59 Å². The van der Waals surface area contributed by atoms with Gasteiger partial charge in [-0.15, -0.1) is 0 Å². The molecule has 13 heteroatoms. The maximum Gasteiger partial charge on any atom is 0.404 e. The van der Waals surface area contributed by atoms with Crippen LogP contribution in [0.2, 0.25) is 10.0 Å². The zero-order chi connectivity index (χ0) is 28.7. The van der Waals surface area contributed by atoms with E-state index in [4.69, 9.17) is 56.0 Å². The second kappa shape index (κ2) is 13.9. The first kappa shape index (κ1) is 30.6. The number of halogens is 4. The standard InChI is InChI=1S/C26H26Cl4N4O5/c1-14(15(2)32-26(37)38)11-22(35)31-9-10-34(25(36)24(29)30)17-6-3-5-16(12-17)21-13-20(33-39-21)23-18(27)7-4-8-19(23)28/h3-8,12-15,24,32H,9-11H2,1-2H3,(H,31,35)(H,37,38)/t14-,15+/m1/s1. The maximum absolute atomic E-state index is 12.8. The SMILES string of the molecule is C[C@H](CC(=O)NCCN(C(=O)C(Cl)Cl)c1cccc(-c2cc(-c3c(Cl)cccc3Cl)no2)c1)[C@H](C)NC(=O)O. The lowest BCUT2D eigenvalue weighted by molar-refractivity contribution is -0.122. The predicted octanol–water partition coefficient (Wildman–Crippen LogP) is 6.25. The first-order valence-electron chi connectivity index (χ1n) is 11.8. The van der Waals surface area contributed by atoms with Crippen LogP contribution in [0.25, 0.3) is 22.6 Å². The molecule has 208 valence electrons. The summed E-state index contributed by atoms with van der Waals surface area (Å²) in [6, 6.07) is 13.3. The molecular formula is C26H26Cl4N4O5. The number of rotatable bonds is 11. The fraction of sp³-hybridized carbons (Fsp3) is 0.308. The molecule has 1 aromatic heterocycles. The molecule has 0 bridgehead atoms. The highest BCUT2D eigenvalue weighted by atomic mass is 35.5. The lowest BCUT2D eigenvalue weighted by atomic mass is 9.99. The number of nitrogens with zero attached hydrogens (tertiary/aromatic N) is 2. The molecule has 0 radical (unpaired) electrons. The minimum absolute atomic E-state index is 0.0815. The molecule has 3 aromatic rings. The molecule has 3 amide bonds. The van der Waals surface area contributed by atoms with E-state index in [9.17, 15) is 14.4 Å². The summed E-state index contributed by atoms with van der Waals surface area (Å²) in [5, 5.41) is 18.9. The van der Waals surface area contributed by atoms with Gasteiger partial charge in [0.15, 0.2) is 10.6 Å². The Morgan fingerprint density at radius 1 is 1.05 bits per heavy atom. The summed E-state index contributed by atoms with van der Waals surface area (Å²) in [6.45, 7) is 3.64. The van der Waals surface area contributed by atoms with Crippen LogP contribution in [0.5, 0.6) is 0 Å². The van der Waals surface area contributed by atoms with Crippen LogP contribution in [0.1, 0.15) is 20.3 Å². The van der Waals surface area contributed by atoms with Crippen LogP contribution in [-0.2, 0) is 9.59 Å². The number of hydrogen-bond donors (Lipinski definition) is 3. The van der Waals surface area contributed by atoms with Crippen LogP contribution in [0.3, 0.4) is 0 Å². The molecule has 0 aliphatic heterocycles. The number of aromatic nitrogens is 1. The van der Waals surface area contributed by atoms with Crippen LogP contribution in [-0.4, -0.2) is 52.1 Å². The third kappa shape index (κ3) is 8.25. The van der Waals surface area contributed by atoms with E-state index in [2.05, 4.69) is 15.8 Å². The predicted molar refractivity (Wildman–Crippen MR) is 153 cm³/mol. The molecule has 2 atom stereocenters. The molecule has 0 aliphatic rings. The minimum atomic E-state index is -1.33. The summed E-state index contributed by atoms with van der Waals surface area (Å²) < 4.78 is 5.53. The van der Waals surface area contributed by atoms with Gasteiger partial charge in [0.05, 0.1) is 10.0 Å². The Labute approximate surface area is 245 Å². The number of carboxylic acid groups (broad SMARTS) is 1. The van der Waals surface area contributed by atoms with Crippen LogP contribution in [0.15, 0.2) is 53.1 Å². The third-order valence-corrected chi connectivity index (χ3v) is 7.00. The van der Waals surface area contributed by atoms with E-state index < -0.39 is 22.9 Å². The molecule has 0 saturated heterocycles. The van der Waals surface area contributed by atoms with Crippen molar-refractivity contribution in [3.63, 3.8) is 0 Å². The van der Waals surface area contributed by atoms with Crippen LogP contribution in [0, 0.1) is 5.92 Å². The van der Waals surface area contributed by atoms with Gasteiger partial charge in [-0.05, 0) is 37.1 Å². The van der Waals surface area contributed by atoms with Crippen molar-refractivity contribution in [1.29, 1.82) is 0 Å². The van der Waals surface area contributed by atoms with E-state index in [0.717, 1.165) is 0 Å². The lowest BCUT2D eigenvalue weighted by Gasteiger charge is -2.24. The van der Waals surface area contributed by atoms with Gasteiger partial charge in [-0.25, -0.2) is 4.79 Å². The molecule has 3 rings (SSSR count). The highest BCUT2D eigenvalue weighted by molar-refractivity contribution is 6.54. The van der Waals surface area contributed by atoms with E-state index in [-0.39, 0.29) is 31.3 Å². The molecule has 3 N–H and O–H groups in total. The largest absolute Gasteiger partial charge is 0.465 e. The van der Waals surface area contributed by atoms with Gasteiger partial charge < -0.3 is 25.2 Å². The van der Waals surface area contributed by atoms with Crippen molar-refractivity contribution in [1.82, 2.24) is 15.8 Å². The summed E-state index contributed by atoms with van der Waals surface area (Å²) in [4.78, 5) is 36.1. The Balaban J connectivity index is 1.74. The van der Waals surface area contributed by atoms with E-state index in [1.165, 1.54) is 4.90 Å². The number of nitrogens with one attached hydrogen (secondary N) is 2. The monoisotopic (exact) mass is 614 g/mol. The smallest absolute Gasteiger partial charge is 0.404 e. The molecule has 0 unspecified atom stereocenters. The zero-order valence-electron chi connectivity index (χ0n) is 21.0. The molecular weight excluding hydrogens is 590 g/mol. The summed E-state index contributed by atoms with van der Waals surface area (Å²) in [7, 11) is 0. The molecule has 39 heavy (non-hydrogen) atoms. The van der Waals surface area contributed by atoms with Gasteiger partial charge in [-0.1, -0.05) is 76.7 Å². The number of carbonyl (C=O) groups excluding carboxylic acids is 2. The van der Waals surface area contributed by atoms with Crippen molar-refractivity contribution in [2.24, 2.45) is 5.92 Å². The van der Waals surface area contributed by atoms with Crippen molar-refractivity contribution in [2.75, 3.05) is 18.0 Å². The number of alkyl halides is 2. The van der Waals surface area contributed by atoms with E-state index in [1.807, 2.05) is 0 Å². The minimum Gasteiger partial charge on any atom is -0.465 e. The highest BCUT2D eigenvalue weighted by Gasteiger charge is 2.24. The molecule has 2 aromatic carbocycles. The van der Waals surface area contributed by atoms with Gasteiger partial charge in [0, 0.05) is 48.4 Å². The second-order valence-corrected chi connectivity index (χ2v) is 10.7. The van der Waals surface area contributed by atoms with Crippen molar-refractivity contribution in [2.45, 2.75) is 31.1 Å². The molecule has 9 nitrogen and oxygen atoms in total. The normalized spacial score (nSPS) is 12.6. The molecule has 1 heterocycles. The van der Waals surface area contributed by atoms with Crippen LogP contribution < -0.4 is 15.5 Å². The van der Waals surface area contributed by atoms with Crippen LogP contribution in [0.4, 0.5) is 10.5 Å². The Hall–Kier alpha value is -2.98. The summed E-state index contributed by atoms with van der Waals surface area (Å²) in [6.07, 6.45) is -1.06. The Kier molecular flexibility index (Phi) is 10.9. The fourth-order valence-corrected chi connectivity index (χ4v) is 4.60. The van der Waals surface area contributed by atoms with Crippen molar-refractivity contribution >= 4 is 70.0 Å². The Bertz CT molecular complexity index is 1310. The second-order valence-electron chi connectivity index (χ2n) is 8.78. The molecule has 0 aliphatic carbocycles. The first-order chi connectivity index (χ1) is 18.5. The van der Waals surface area contributed by atoms with E-state index in [1.54, 1.807) is 62.4 Å². The van der Waals surface area contributed by atoms with Gasteiger partial charge in [0.2, 0.25) is 5.91 Å².